The molecule has 0 aliphatic carbocycles. The van der Waals surface area contributed by atoms with E-state index in [-0.39, 0.29) is 0 Å². The molecule has 0 unspecified atom stereocenters. The molecule has 1 aliphatic rings. The van der Waals surface area contributed by atoms with Crippen LogP contribution >= 0.6 is 0 Å². The predicted octanol–water partition coefficient (Wildman–Crippen LogP) is 2.48. The molecule has 1 fully saturated rings. The van der Waals surface area contributed by atoms with Gasteiger partial charge in [0.15, 0.2) is 0 Å². The number of rotatable bonds is 1. The zero-order valence-electron chi connectivity index (χ0n) is 8.51. The Hall–Kier alpha value is -1.26. The van der Waals surface area contributed by atoms with Crippen molar-refractivity contribution in [1.82, 2.24) is 5.32 Å². The van der Waals surface area contributed by atoms with Gasteiger partial charge in [-0.15, -0.1) is 5.92 Å². The van der Waals surface area contributed by atoms with Crippen molar-refractivity contribution in [2.75, 3.05) is 6.54 Å². The standard InChI is InChI=1S/C13H15N/c1-2-6-11-7-3-4-8-12(11)13-9-5-10-14-13/h3-4,7-8,13-14H,5,9-10H2,1H3/t13-/m0/s1. The van der Waals surface area contributed by atoms with Crippen LogP contribution in [0.2, 0.25) is 0 Å². The van der Waals surface area contributed by atoms with Gasteiger partial charge in [-0.1, -0.05) is 24.1 Å². The first-order valence-electron chi connectivity index (χ1n) is 5.17. The molecular weight excluding hydrogens is 170 g/mol. The molecule has 1 aromatic rings. The van der Waals surface area contributed by atoms with Crippen LogP contribution in [0.5, 0.6) is 0 Å². The fourth-order valence-corrected chi connectivity index (χ4v) is 2.00. The van der Waals surface area contributed by atoms with Gasteiger partial charge in [0, 0.05) is 11.6 Å². The van der Waals surface area contributed by atoms with E-state index in [1.54, 1.807) is 0 Å². The molecule has 1 aliphatic heterocycles. The minimum absolute atomic E-state index is 0.520. The van der Waals surface area contributed by atoms with Gasteiger partial charge in [0.25, 0.3) is 0 Å². The van der Waals surface area contributed by atoms with Crippen LogP contribution in [-0.4, -0.2) is 6.54 Å². The van der Waals surface area contributed by atoms with Crippen molar-refractivity contribution in [3.8, 4) is 11.8 Å². The lowest BCUT2D eigenvalue weighted by Gasteiger charge is -2.12. The highest BCUT2D eigenvalue weighted by Gasteiger charge is 2.17. The third kappa shape index (κ3) is 1.81. The topological polar surface area (TPSA) is 12.0 Å². The largest absolute Gasteiger partial charge is 0.310 e. The van der Waals surface area contributed by atoms with E-state index in [9.17, 15) is 0 Å². The maximum absolute atomic E-state index is 3.50. The van der Waals surface area contributed by atoms with Crippen LogP contribution in [0, 0.1) is 11.8 Å². The molecule has 14 heavy (non-hydrogen) atoms. The Labute approximate surface area is 85.5 Å². The van der Waals surface area contributed by atoms with E-state index in [2.05, 4.69) is 41.4 Å². The van der Waals surface area contributed by atoms with E-state index >= 15 is 0 Å². The molecule has 0 spiro atoms. The molecule has 1 heteroatoms. The monoisotopic (exact) mass is 185 g/mol. The van der Waals surface area contributed by atoms with Crippen LogP contribution in [0.15, 0.2) is 24.3 Å². The Morgan fingerprint density at radius 2 is 2.21 bits per heavy atom. The third-order valence-electron chi connectivity index (χ3n) is 2.66. The molecule has 0 aromatic heterocycles. The molecular formula is C13H15N. The van der Waals surface area contributed by atoms with E-state index in [0.29, 0.717) is 6.04 Å². The zero-order valence-corrected chi connectivity index (χ0v) is 8.51. The van der Waals surface area contributed by atoms with E-state index in [1.165, 1.54) is 24.0 Å². The minimum atomic E-state index is 0.520. The summed E-state index contributed by atoms with van der Waals surface area (Å²) in [4.78, 5) is 0. The highest BCUT2D eigenvalue weighted by Crippen LogP contribution is 2.25. The van der Waals surface area contributed by atoms with Crippen molar-refractivity contribution in [2.24, 2.45) is 0 Å². The number of benzene rings is 1. The second-order valence-electron chi connectivity index (χ2n) is 3.61. The molecule has 0 bridgehead atoms. The van der Waals surface area contributed by atoms with E-state index in [0.717, 1.165) is 6.54 Å². The Morgan fingerprint density at radius 1 is 1.36 bits per heavy atom. The van der Waals surface area contributed by atoms with E-state index in [4.69, 9.17) is 0 Å². The number of hydrogen-bond donors (Lipinski definition) is 1. The fourth-order valence-electron chi connectivity index (χ4n) is 2.00. The lowest BCUT2D eigenvalue weighted by Crippen LogP contribution is -2.13. The molecule has 1 heterocycles. The summed E-state index contributed by atoms with van der Waals surface area (Å²) in [5.74, 6) is 6.13. The van der Waals surface area contributed by atoms with Crippen LogP contribution in [0.1, 0.15) is 36.9 Å². The molecule has 72 valence electrons. The summed E-state index contributed by atoms with van der Waals surface area (Å²) in [6.45, 7) is 3.03. The Kier molecular flexibility index (Phi) is 2.86. The van der Waals surface area contributed by atoms with E-state index < -0.39 is 0 Å². The highest BCUT2D eigenvalue weighted by molar-refractivity contribution is 5.42. The average molecular weight is 185 g/mol. The molecule has 1 N–H and O–H groups in total. The van der Waals surface area contributed by atoms with E-state index in [1.807, 2.05) is 6.92 Å². The van der Waals surface area contributed by atoms with Gasteiger partial charge in [-0.25, -0.2) is 0 Å². The average Bonchev–Trinajstić information content (AvgIpc) is 2.72. The summed E-state index contributed by atoms with van der Waals surface area (Å²) >= 11 is 0. The molecule has 1 aromatic carbocycles. The van der Waals surface area contributed by atoms with Crippen molar-refractivity contribution >= 4 is 0 Å². The summed E-state index contributed by atoms with van der Waals surface area (Å²) in [5, 5.41) is 3.50. The zero-order chi connectivity index (χ0) is 9.80. The molecule has 2 rings (SSSR count). The molecule has 1 nitrogen and oxygen atoms in total. The Bertz CT molecular complexity index is 364. The molecule has 0 saturated carbocycles. The normalized spacial score (nSPS) is 20.2. The van der Waals surface area contributed by atoms with Gasteiger partial charge in [-0.05, 0) is 37.9 Å². The minimum Gasteiger partial charge on any atom is -0.310 e. The van der Waals surface area contributed by atoms with Crippen LogP contribution in [0.25, 0.3) is 0 Å². The van der Waals surface area contributed by atoms with Crippen molar-refractivity contribution in [3.05, 3.63) is 35.4 Å². The molecule has 1 atom stereocenters. The van der Waals surface area contributed by atoms with Gasteiger partial charge < -0.3 is 5.32 Å². The van der Waals surface area contributed by atoms with Crippen LogP contribution < -0.4 is 5.32 Å². The lowest BCUT2D eigenvalue weighted by molar-refractivity contribution is 0.646. The lowest BCUT2D eigenvalue weighted by atomic mass is 9.99. The highest BCUT2D eigenvalue weighted by atomic mass is 14.9. The van der Waals surface area contributed by atoms with Gasteiger partial charge in [-0.3, -0.25) is 0 Å². The van der Waals surface area contributed by atoms with Crippen molar-refractivity contribution in [2.45, 2.75) is 25.8 Å². The number of nitrogens with one attached hydrogen (secondary N) is 1. The van der Waals surface area contributed by atoms with Crippen LogP contribution in [0.4, 0.5) is 0 Å². The summed E-state index contributed by atoms with van der Waals surface area (Å²) in [7, 11) is 0. The van der Waals surface area contributed by atoms with Gasteiger partial charge in [-0.2, -0.15) is 0 Å². The fraction of sp³-hybridized carbons (Fsp3) is 0.385. The first-order chi connectivity index (χ1) is 6.92. The summed E-state index contributed by atoms with van der Waals surface area (Å²) in [5.41, 5.74) is 2.54. The second-order valence-corrected chi connectivity index (χ2v) is 3.61. The van der Waals surface area contributed by atoms with Crippen molar-refractivity contribution in [3.63, 3.8) is 0 Å². The van der Waals surface area contributed by atoms with Gasteiger partial charge in [0.2, 0.25) is 0 Å². The first-order valence-corrected chi connectivity index (χ1v) is 5.17. The van der Waals surface area contributed by atoms with Gasteiger partial charge in [0.05, 0.1) is 0 Å². The smallest absolute Gasteiger partial charge is 0.0333 e. The molecule has 0 amide bonds. The van der Waals surface area contributed by atoms with Gasteiger partial charge >= 0.3 is 0 Å². The maximum atomic E-state index is 3.50. The number of hydrogen-bond acceptors (Lipinski definition) is 1. The SMILES string of the molecule is CC#Cc1ccccc1[C@@H]1CCCN1. The second kappa shape index (κ2) is 4.30. The summed E-state index contributed by atoms with van der Waals surface area (Å²) in [6.07, 6.45) is 2.51. The maximum Gasteiger partial charge on any atom is 0.0333 e. The van der Waals surface area contributed by atoms with Crippen molar-refractivity contribution < 1.29 is 0 Å². The molecule has 0 radical (unpaired) electrons. The van der Waals surface area contributed by atoms with Crippen molar-refractivity contribution in [1.29, 1.82) is 0 Å². The molecule has 1 saturated heterocycles. The van der Waals surface area contributed by atoms with Gasteiger partial charge in [0.1, 0.15) is 0 Å². The predicted molar refractivity (Wildman–Crippen MR) is 59.0 cm³/mol. The third-order valence-corrected chi connectivity index (χ3v) is 2.66. The van der Waals surface area contributed by atoms with Crippen LogP contribution in [0.3, 0.4) is 0 Å². The summed E-state index contributed by atoms with van der Waals surface area (Å²) < 4.78 is 0. The Balaban J connectivity index is 2.33. The summed E-state index contributed by atoms with van der Waals surface area (Å²) in [6, 6.07) is 8.95. The first kappa shape index (κ1) is 9.30. The quantitative estimate of drug-likeness (QED) is 0.663. The van der Waals surface area contributed by atoms with Crippen LogP contribution in [-0.2, 0) is 0 Å². The Morgan fingerprint density at radius 3 is 2.93 bits per heavy atom.